The highest BCUT2D eigenvalue weighted by Crippen LogP contribution is 2.18. The van der Waals surface area contributed by atoms with Crippen LogP contribution in [0.25, 0.3) is 11.0 Å². The molecule has 14 heavy (non-hydrogen) atoms. The van der Waals surface area contributed by atoms with E-state index in [0.29, 0.717) is 16.7 Å². The molecule has 1 aromatic carbocycles. The zero-order chi connectivity index (χ0) is 10.1. The fraction of sp³-hybridized carbons (Fsp3) is 0. The summed E-state index contributed by atoms with van der Waals surface area (Å²) in [5, 5.41) is 8.76. The summed E-state index contributed by atoms with van der Waals surface area (Å²) in [5.41, 5.74) is 7.09. The molecule has 5 heteroatoms. The van der Waals surface area contributed by atoms with Crippen LogP contribution in [0.5, 0.6) is 0 Å². The van der Waals surface area contributed by atoms with E-state index in [1.807, 2.05) is 0 Å². The summed E-state index contributed by atoms with van der Waals surface area (Å²) in [6.07, 6.45) is 3.01. The van der Waals surface area contributed by atoms with Crippen LogP contribution in [0.3, 0.4) is 0 Å². The van der Waals surface area contributed by atoms with Gasteiger partial charge in [-0.25, -0.2) is 4.79 Å². The van der Waals surface area contributed by atoms with Crippen LogP contribution in [0.4, 0.5) is 5.69 Å². The second-order valence-corrected chi connectivity index (χ2v) is 2.79. The van der Waals surface area contributed by atoms with Crippen molar-refractivity contribution in [1.29, 1.82) is 0 Å². The second-order valence-electron chi connectivity index (χ2n) is 2.79. The van der Waals surface area contributed by atoms with Gasteiger partial charge in [-0.2, -0.15) is 0 Å². The van der Waals surface area contributed by atoms with Gasteiger partial charge in [-0.05, 0) is 12.1 Å². The third-order valence-corrected chi connectivity index (χ3v) is 1.85. The maximum absolute atomic E-state index is 10.7. The van der Waals surface area contributed by atoms with Gasteiger partial charge >= 0.3 is 5.97 Å². The van der Waals surface area contributed by atoms with Gasteiger partial charge in [-0.15, -0.1) is 0 Å². The lowest BCUT2D eigenvalue weighted by molar-refractivity contribution is 0.0697. The Morgan fingerprint density at radius 1 is 1.29 bits per heavy atom. The molecular formula is C9H7N3O2. The Morgan fingerprint density at radius 3 is 2.71 bits per heavy atom. The Labute approximate surface area is 79.2 Å². The van der Waals surface area contributed by atoms with Gasteiger partial charge < -0.3 is 10.8 Å². The summed E-state index contributed by atoms with van der Waals surface area (Å²) in [6, 6.07) is 2.82. The smallest absolute Gasteiger partial charge is 0.335 e. The Morgan fingerprint density at radius 2 is 2.00 bits per heavy atom. The molecule has 0 aliphatic heterocycles. The van der Waals surface area contributed by atoms with Gasteiger partial charge in [-0.3, -0.25) is 9.97 Å². The lowest BCUT2D eigenvalue weighted by atomic mass is 10.1. The Kier molecular flexibility index (Phi) is 1.78. The molecule has 0 bridgehead atoms. The number of hydrogen-bond acceptors (Lipinski definition) is 4. The number of nitrogens with zero attached hydrogens (tertiary/aromatic N) is 2. The molecule has 0 fully saturated rings. The number of aromatic carboxylic acids is 1. The molecule has 0 radical (unpaired) electrons. The quantitative estimate of drug-likeness (QED) is 0.651. The number of benzene rings is 1. The number of carboxylic acid groups (broad SMARTS) is 1. The first-order valence-corrected chi connectivity index (χ1v) is 3.92. The standard InChI is InChI=1S/C9H7N3O2/c10-6-3-5(9(13)14)4-7-8(6)12-2-1-11-7/h1-4H,10H2,(H,13,14). The zero-order valence-corrected chi connectivity index (χ0v) is 7.14. The minimum Gasteiger partial charge on any atom is -0.478 e. The van der Waals surface area contributed by atoms with Crippen molar-refractivity contribution >= 4 is 22.7 Å². The molecule has 0 aliphatic rings. The molecule has 5 nitrogen and oxygen atoms in total. The van der Waals surface area contributed by atoms with Gasteiger partial charge in [0.1, 0.15) is 5.52 Å². The van der Waals surface area contributed by atoms with E-state index in [2.05, 4.69) is 9.97 Å². The van der Waals surface area contributed by atoms with E-state index in [1.54, 1.807) is 0 Å². The minimum atomic E-state index is -1.02. The number of anilines is 1. The average Bonchev–Trinajstić information content (AvgIpc) is 2.17. The molecule has 2 aromatic rings. The van der Waals surface area contributed by atoms with Crippen LogP contribution in [-0.2, 0) is 0 Å². The number of carboxylic acids is 1. The van der Waals surface area contributed by atoms with E-state index in [4.69, 9.17) is 10.8 Å². The molecule has 1 heterocycles. The zero-order valence-electron chi connectivity index (χ0n) is 7.14. The second kappa shape index (κ2) is 2.95. The summed E-state index contributed by atoms with van der Waals surface area (Å²) in [4.78, 5) is 18.7. The maximum Gasteiger partial charge on any atom is 0.335 e. The van der Waals surface area contributed by atoms with Crippen molar-refractivity contribution < 1.29 is 9.90 Å². The molecule has 0 saturated carbocycles. The van der Waals surface area contributed by atoms with Gasteiger partial charge in [-0.1, -0.05) is 0 Å². The molecule has 0 spiro atoms. The summed E-state index contributed by atoms with van der Waals surface area (Å²) in [6.45, 7) is 0. The molecule has 3 N–H and O–H groups in total. The molecule has 2 rings (SSSR count). The van der Waals surface area contributed by atoms with Crippen LogP contribution in [0.1, 0.15) is 10.4 Å². The number of aromatic nitrogens is 2. The van der Waals surface area contributed by atoms with E-state index in [0.717, 1.165) is 0 Å². The summed E-state index contributed by atoms with van der Waals surface area (Å²) < 4.78 is 0. The van der Waals surface area contributed by atoms with Gasteiger partial charge in [0, 0.05) is 12.4 Å². The summed E-state index contributed by atoms with van der Waals surface area (Å²) in [5.74, 6) is -1.02. The van der Waals surface area contributed by atoms with E-state index >= 15 is 0 Å². The fourth-order valence-electron chi connectivity index (χ4n) is 1.23. The number of nitrogen functional groups attached to an aromatic ring is 1. The number of fused-ring (bicyclic) bond motifs is 1. The van der Waals surface area contributed by atoms with Crippen molar-refractivity contribution in [2.75, 3.05) is 5.73 Å². The normalized spacial score (nSPS) is 10.3. The molecule has 0 unspecified atom stereocenters. The lowest BCUT2D eigenvalue weighted by Crippen LogP contribution is -2.00. The van der Waals surface area contributed by atoms with Crippen LogP contribution >= 0.6 is 0 Å². The first kappa shape index (κ1) is 8.43. The molecule has 0 aliphatic carbocycles. The lowest BCUT2D eigenvalue weighted by Gasteiger charge is -2.01. The molecule has 1 aromatic heterocycles. The first-order chi connectivity index (χ1) is 6.68. The van der Waals surface area contributed by atoms with Crippen molar-refractivity contribution in [1.82, 2.24) is 9.97 Å². The topological polar surface area (TPSA) is 89.1 Å². The Bertz CT molecular complexity index is 510. The minimum absolute atomic E-state index is 0.121. The van der Waals surface area contributed by atoms with E-state index in [-0.39, 0.29) is 5.56 Å². The largest absolute Gasteiger partial charge is 0.478 e. The summed E-state index contributed by atoms with van der Waals surface area (Å²) >= 11 is 0. The van der Waals surface area contributed by atoms with Gasteiger partial charge in [0.2, 0.25) is 0 Å². The molecule has 70 valence electrons. The Balaban J connectivity index is 2.78. The molecule has 0 atom stereocenters. The highest BCUT2D eigenvalue weighted by Gasteiger charge is 2.07. The number of hydrogen-bond donors (Lipinski definition) is 2. The molecule has 0 amide bonds. The van der Waals surface area contributed by atoms with E-state index in [1.165, 1.54) is 24.5 Å². The van der Waals surface area contributed by atoms with Crippen molar-refractivity contribution in [2.45, 2.75) is 0 Å². The third-order valence-electron chi connectivity index (χ3n) is 1.85. The van der Waals surface area contributed by atoms with Crippen molar-refractivity contribution in [3.8, 4) is 0 Å². The van der Waals surface area contributed by atoms with Crippen molar-refractivity contribution in [2.24, 2.45) is 0 Å². The molecular weight excluding hydrogens is 182 g/mol. The highest BCUT2D eigenvalue weighted by molar-refractivity contribution is 5.97. The van der Waals surface area contributed by atoms with E-state index in [9.17, 15) is 4.79 Å². The van der Waals surface area contributed by atoms with Crippen molar-refractivity contribution in [3.63, 3.8) is 0 Å². The average molecular weight is 189 g/mol. The molecule has 0 saturated heterocycles. The fourth-order valence-corrected chi connectivity index (χ4v) is 1.23. The van der Waals surface area contributed by atoms with E-state index < -0.39 is 5.97 Å². The Hall–Kier alpha value is -2.17. The SMILES string of the molecule is Nc1cc(C(=O)O)cc2nccnc12. The van der Waals surface area contributed by atoms with Crippen LogP contribution in [0.2, 0.25) is 0 Å². The number of rotatable bonds is 1. The maximum atomic E-state index is 10.7. The van der Waals surface area contributed by atoms with Crippen molar-refractivity contribution in [3.05, 3.63) is 30.1 Å². The highest BCUT2D eigenvalue weighted by atomic mass is 16.4. The summed E-state index contributed by atoms with van der Waals surface area (Å²) in [7, 11) is 0. The van der Waals surface area contributed by atoms with Gasteiger partial charge in [0.25, 0.3) is 0 Å². The van der Waals surface area contributed by atoms with Gasteiger partial charge in [0.15, 0.2) is 0 Å². The number of nitrogens with two attached hydrogens (primary N) is 1. The number of carbonyl (C=O) groups is 1. The predicted octanol–water partition coefficient (Wildman–Crippen LogP) is 0.910. The van der Waals surface area contributed by atoms with Crippen LogP contribution < -0.4 is 5.73 Å². The van der Waals surface area contributed by atoms with Gasteiger partial charge in [0.05, 0.1) is 16.8 Å². The monoisotopic (exact) mass is 189 g/mol. The van der Waals surface area contributed by atoms with Crippen LogP contribution in [0, 0.1) is 0 Å². The first-order valence-electron chi connectivity index (χ1n) is 3.92. The van der Waals surface area contributed by atoms with Crippen LogP contribution in [0.15, 0.2) is 24.5 Å². The van der Waals surface area contributed by atoms with Crippen LogP contribution in [-0.4, -0.2) is 21.0 Å². The third kappa shape index (κ3) is 1.24. The predicted molar refractivity (Wildman–Crippen MR) is 50.9 cm³/mol.